The Morgan fingerprint density at radius 1 is 1.33 bits per heavy atom. The van der Waals surface area contributed by atoms with Crippen molar-refractivity contribution in [3.05, 3.63) is 5.92 Å². The van der Waals surface area contributed by atoms with E-state index in [-0.39, 0.29) is 0 Å². The van der Waals surface area contributed by atoms with Crippen LogP contribution in [0, 0.1) is 11.8 Å². The molecule has 1 aliphatic rings. The van der Waals surface area contributed by atoms with Gasteiger partial charge in [0.25, 0.3) is 0 Å². The van der Waals surface area contributed by atoms with Crippen molar-refractivity contribution in [2.45, 2.75) is 26.7 Å². The standard InChI is InChI=1S/C6H11/c1-5(2)6-3-4-6/h5H,3-4H2,1-2H3. The van der Waals surface area contributed by atoms with Crippen LogP contribution >= 0.6 is 0 Å². The van der Waals surface area contributed by atoms with Gasteiger partial charge in [-0.3, -0.25) is 0 Å². The second-order valence-corrected chi connectivity index (χ2v) is 2.31. The normalized spacial score (nSPS) is 22.5. The van der Waals surface area contributed by atoms with E-state index in [1.54, 1.807) is 5.92 Å². The van der Waals surface area contributed by atoms with Crippen LogP contribution < -0.4 is 0 Å². The van der Waals surface area contributed by atoms with E-state index in [9.17, 15) is 0 Å². The lowest BCUT2D eigenvalue weighted by Gasteiger charge is -1.93. The lowest BCUT2D eigenvalue weighted by Crippen LogP contribution is -1.82. The van der Waals surface area contributed by atoms with Gasteiger partial charge in [0.2, 0.25) is 0 Å². The molecule has 0 saturated heterocycles. The Labute approximate surface area is 39.6 Å². The van der Waals surface area contributed by atoms with Crippen LogP contribution in [0.25, 0.3) is 0 Å². The Bertz CT molecular complexity index is 42.0. The Morgan fingerprint density at radius 3 is 1.83 bits per heavy atom. The summed E-state index contributed by atoms with van der Waals surface area (Å²) in [6, 6.07) is 0. The summed E-state index contributed by atoms with van der Waals surface area (Å²) in [5.41, 5.74) is 0. The van der Waals surface area contributed by atoms with Crippen LogP contribution in [0.5, 0.6) is 0 Å². The average Bonchev–Trinajstić information content (AvgIpc) is 2.06. The Morgan fingerprint density at radius 2 is 1.83 bits per heavy atom. The Hall–Kier alpha value is 0. The molecule has 1 fully saturated rings. The smallest absolute Gasteiger partial charge is 0.0215 e. The summed E-state index contributed by atoms with van der Waals surface area (Å²) in [6.45, 7) is 4.53. The van der Waals surface area contributed by atoms with E-state index < -0.39 is 0 Å². The van der Waals surface area contributed by atoms with Gasteiger partial charge in [-0.2, -0.15) is 0 Å². The quantitative estimate of drug-likeness (QED) is 0.455. The van der Waals surface area contributed by atoms with Crippen molar-refractivity contribution < 1.29 is 0 Å². The van der Waals surface area contributed by atoms with Gasteiger partial charge >= 0.3 is 0 Å². The SMILES string of the molecule is CC(C)[C]1CC1. The third kappa shape index (κ3) is 0.735. The molecule has 1 radical (unpaired) electrons. The monoisotopic (exact) mass is 83.1 g/mol. The molecule has 0 heteroatoms. The molecule has 6 heavy (non-hydrogen) atoms. The summed E-state index contributed by atoms with van der Waals surface area (Å²) < 4.78 is 0. The highest BCUT2D eigenvalue weighted by Gasteiger charge is 2.24. The fourth-order valence-corrected chi connectivity index (χ4v) is 0.650. The van der Waals surface area contributed by atoms with Crippen LogP contribution in [0.15, 0.2) is 0 Å². The zero-order valence-corrected chi connectivity index (χ0v) is 4.49. The molecule has 0 spiro atoms. The third-order valence-corrected chi connectivity index (χ3v) is 1.36. The maximum Gasteiger partial charge on any atom is -0.0215 e. The molecule has 0 aromatic heterocycles. The third-order valence-electron chi connectivity index (χ3n) is 1.36. The first-order valence-corrected chi connectivity index (χ1v) is 2.65. The highest BCUT2D eigenvalue weighted by molar-refractivity contribution is 5.07. The van der Waals surface area contributed by atoms with E-state index in [4.69, 9.17) is 0 Å². The predicted molar refractivity (Wildman–Crippen MR) is 27.3 cm³/mol. The van der Waals surface area contributed by atoms with E-state index >= 15 is 0 Å². The molecular formula is C6H11. The minimum absolute atomic E-state index is 0.880. The van der Waals surface area contributed by atoms with Crippen LogP contribution in [0.2, 0.25) is 0 Å². The van der Waals surface area contributed by atoms with E-state index in [0.717, 1.165) is 5.92 Å². The van der Waals surface area contributed by atoms with Gasteiger partial charge in [-0.25, -0.2) is 0 Å². The second kappa shape index (κ2) is 1.25. The lowest BCUT2D eigenvalue weighted by molar-refractivity contribution is 0.739. The van der Waals surface area contributed by atoms with Gasteiger partial charge in [-0.05, 0) is 24.7 Å². The summed E-state index contributed by atoms with van der Waals surface area (Å²) in [7, 11) is 0. The largest absolute Gasteiger partial charge is 0.0622 e. The highest BCUT2D eigenvalue weighted by atomic mass is 14.3. The van der Waals surface area contributed by atoms with Gasteiger partial charge in [0, 0.05) is 0 Å². The minimum atomic E-state index is 0.880. The molecule has 0 nitrogen and oxygen atoms in total. The lowest BCUT2D eigenvalue weighted by atomic mass is 10.1. The molecule has 0 heterocycles. The number of rotatable bonds is 1. The molecule has 0 aromatic rings. The first-order chi connectivity index (χ1) is 2.80. The van der Waals surface area contributed by atoms with E-state index in [0.29, 0.717) is 0 Å². The van der Waals surface area contributed by atoms with Crippen LogP contribution in [-0.4, -0.2) is 0 Å². The van der Waals surface area contributed by atoms with Crippen molar-refractivity contribution in [2.24, 2.45) is 5.92 Å². The topological polar surface area (TPSA) is 0 Å². The fourth-order valence-electron chi connectivity index (χ4n) is 0.650. The maximum absolute atomic E-state index is 2.27. The molecule has 0 amide bonds. The van der Waals surface area contributed by atoms with Crippen LogP contribution in [0.1, 0.15) is 26.7 Å². The number of hydrogen-bond donors (Lipinski definition) is 0. The van der Waals surface area contributed by atoms with Gasteiger partial charge in [-0.1, -0.05) is 13.8 Å². The van der Waals surface area contributed by atoms with Crippen molar-refractivity contribution in [1.82, 2.24) is 0 Å². The van der Waals surface area contributed by atoms with Gasteiger partial charge in [0.15, 0.2) is 0 Å². The van der Waals surface area contributed by atoms with Crippen molar-refractivity contribution >= 4 is 0 Å². The maximum atomic E-state index is 2.27. The summed E-state index contributed by atoms with van der Waals surface area (Å²) in [5.74, 6) is 2.64. The predicted octanol–water partition coefficient (Wildman–Crippen LogP) is 2.01. The molecule has 0 unspecified atom stereocenters. The summed E-state index contributed by atoms with van der Waals surface area (Å²) in [6.07, 6.45) is 2.83. The number of hydrogen-bond acceptors (Lipinski definition) is 0. The first kappa shape index (κ1) is 4.17. The van der Waals surface area contributed by atoms with Crippen LogP contribution in [0.3, 0.4) is 0 Å². The van der Waals surface area contributed by atoms with E-state index in [1.807, 2.05) is 0 Å². The fraction of sp³-hybridized carbons (Fsp3) is 0.833. The molecule has 1 aliphatic carbocycles. The molecular weight excluding hydrogens is 72.1 g/mol. The van der Waals surface area contributed by atoms with Crippen LogP contribution in [-0.2, 0) is 0 Å². The molecule has 0 bridgehead atoms. The molecule has 0 N–H and O–H groups in total. The van der Waals surface area contributed by atoms with Crippen molar-refractivity contribution in [3.8, 4) is 0 Å². The molecule has 0 aliphatic heterocycles. The molecule has 35 valence electrons. The minimum Gasteiger partial charge on any atom is -0.0622 e. The Balaban J connectivity index is 2.13. The second-order valence-electron chi connectivity index (χ2n) is 2.31. The van der Waals surface area contributed by atoms with Gasteiger partial charge < -0.3 is 0 Å². The summed E-state index contributed by atoms with van der Waals surface area (Å²) in [5, 5.41) is 0. The van der Waals surface area contributed by atoms with E-state index in [2.05, 4.69) is 13.8 Å². The zero-order chi connectivity index (χ0) is 4.57. The van der Waals surface area contributed by atoms with Crippen molar-refractivity contribution in [3.63, 3.8) is 0 Å². The first-order valence-electron chi connectivity index (χ1n) is 2.65. The van der Waals surface area contributed by atoms with Gasteiger partial charge in [0.05, 0.1) is 0 Å². The van der Waals surface area contributed by atoms with Crippen LogP contribution in [0.4, 0.5) is 0 Å². The van der Waals surface area contributed by atoms with Gasteiger partial charge in [-0.15, -0.1) is 0 Å². The van der Waals surface area contributed by atoms with Crippen molar-refractivity contribution in [2.75, 3.05) is 0 Å². The molecule has 0 aromatic carbocycles. The molecule has 1 saturated carbocycles. The Kier molecular flexibility index (Phi) is 0.868. The molecule has 0 atom stereocenters. The zero-order valence-electron chi connectivity index (χ0n) is 4.49. The highest BCUT2D eigenvalue weighted by Crippen LogP contribution is 2.38. The average molecular weight is 83.2 g/mol. The summed E-state index contributed by atoms with van der Waals surface area (Å²) in [4.78, 5) is 0. The van der Waals surface area contributed by atoms with Gasteiger partial charge in [0.1, 0.15) is 0 Å². The summed E-state index contributed by atoms with van der Waals surface area (Å²) >= 11 is 0. The van der Waals surface area contributed by atoms with E-state index in [1.165, 1.54) is 12.8 Å². The van der Waals surface area contributed by atoms with Crippen molar-refractivity contribution in [1.29, 1.82) is 0 Å². The molecule has 1 rings (SSSR count).